The van der Waals surface area contributed by atoms with Crippen LogP contribution in [0.5, 0.6) is 0 Å². The second-order valence-electron chi connectivity index (χ2n) is 19.1. The van der Waals surface area contributed by atoms with Crippen molar-refractivity contribution in [1.82, 2.24) is 39.2 Å². The van der Waals surface area contributed by atoms with Gasteiger partial charge in [0.1, 0.15) is 0 Å². The highest BCUT2D eigenvalue weighted by Gasteiger charge is 2.42. The van der Waals surface area contributed by atoms with Crippen LogP contribution in [0, 0.1) is 29.6 Å². The van der Waals surface area contributed by atoms with Crippen LogP contribution >= 0.6 is 0 Å². The topological polar surface area (TPSA) is 25.9 Å². The third-order valence-corrected chi connectivity index (χ3v) is 14.3. The van der Waals surface area contributed by atoms with Gasteiger partial charge in [-0.3, -0.25) is 14.7 Å². The number of fused-ring (bicyclic) bond motifs is 4. The minimum Gasteiger partial charge on any atom is -0.306 e. The average molecular weight is 719 g/mol. The SMILES string of the molecule is C.C.CC(C)N1CC2CCCN(C)C2C1.CC(C)N1CC2CCN(C)C2C1.CC(C)N1CC2CN(C)CC2C1.CC(C)N1CCC2CN(C)CC21. The Bertz CT molecular complexity index is 975. The van der Waals surface area contributed by atoms with Gasteiger partial charge in [-0.15, -0.1) is 0 Å². The van der Waals surface area contributed by atoms with Crippen molar-refractivity contribution in [3.05, 3.63) is 0 Å². The van der Waals surface area contributed by atoms with Gasteiger partial charge in [0.2, 0.25) is 0 Å². The number of likely N-dealkylation sites (tertiary alicyclic amines) is 8. The van der Waals surface area contributed by atoms with Gasteiger partial charge in [-0.1, -0.05) is 14.9 Å². The van der Waals surface area contributed by atoms with E-state index in [0.717, 1.165) is 71.9 Å². The lowest BCUT2D eigenvalue weighted by Gasteiger charge is -2.33. The van der Waals surface area contributed by atoms with E-state index in [1.165, 1.54) is 111 Å². The number of likely N-dealkylation sites (N-methyl/N-ethyl adjacent to an activating group) is 3. The summed E-state index contributed by atoms with van der Waals surface area (Å²) >= 11 is 0. The first-order chi connectivity index (χ1) is 23.2. The number of hydrogen-bond acceptors (Lipinski definition) is 8. The Balaban J connectivity index is 0.000000181. The van der Waals surface area contributed by atoms with Crippen LogP contribution in [0.2, 0.25) is 0 Å². The molecule has 0 saturated carbocycles. The highest BCUT2D eigenvalue weighted by molar-refractivity contribution is 4.97. The van der Waals surface area contributed by atoms with Crippen LogP contribution < -0.4 is 0 Å². The summed E-state index contributed by atoms with van der Waals surface area (Å²) in [6.45, 7) is 35.7. The van der Waals surface area contributed by atoms with Crippen molar-refractivity contribution in [1.29, 1.82) is 0 Å². The molecule has 0 radical (unpaired) electrons. The van der Waals surface area contributed by atoms with Crippen molar-refractivity contribution in [2.45, 2.75) is 138 Å². The number of piperidine rings is 1. The predicted molar refractivity (Wildman–Crippen MR) is 223 cm³/mol. The molecule has 0 bridgehead atoms. The molecule has 8 nitrogen and oxygen atoms in total. The Morgan fingerprint density at radius 1 is 0.373 bits per heavy atom. The van der Waals surface area contributed by atoms with Crippen molar-refractivity contribution in [2.24, 2.45) is 29.6 Å². The van der Waals surface area contributed by atoms with E-state index in [1.807, 2.05) is 0 Å². The number of rotatable bonds is 4. The van der Waals surface area contributed by atoms with Crippen LogP contribution in [0.3, 0.4) is 0 Å². The largest absolute Gasteiger partial charge is 0.306 e. The maximum absolute atomic E-state index is 2.67. The van der Waals surface area contributed by atoms with E-state index >= 15 is 0 Å². The number of hydrogen-bond donors (Lipinski definition) is 0. The normalized spacial score (nSPS) is 36.2. The molecule has 8 aliphatic rings. The fraction of sp³-hybridized carbons (Fsp3) is 1.00. The third-order valence-electron chi connectivity index (χ3n) is 14.3. The molecule has 0 N–H and O–H groups in total. The Labute approximate surface area is 319 Å². The first-order valence-corrected chi connectivity index (χ1v) is 21.0. The van der Waals surface area contributed by atoms with Crippen LogP contribution in [-0.2, 0) is 0 Å². The lowest BCUT2D eigenvalue weighted by atomic mass is 9.93. The lowest BCUT2D eigenvalue weighted by Crippen LogP contribution is -2.42. The number of nitrogens with zero attached hydrogens (tertiary/aromatic N) is 8. The Hall–Kier alpha value is -0.320. The van der Waals surface area contributed by atoms with E-state index in [9.17, 15) is 0 Å². The van der Waals surface area contributed by atoms with Gasteiger partial charge in [-0.25, -0.2) is 0 Å². The van der Waals surface area contributed by atoms with Crippen molar-refractivity contribution in [2.75, 3.05) is 113 Å². The minimum atomic E-state index is 0. The molecule has 8 atom stereocenters. The molecule has 8 heterocycles. The first kappa shape index (κ1) is 45.1. The van der Waals surface area contributed by atoms with Gasteiger partial charge in [0, 0.05) is 108 Å². The molecule has 8 rings (SSSR count). The Kier molecular flexibility index (Phi) is 17.7. The molecule has 0 aliphatic carbocycles. The van der Waals surface area contributed by atoms with Crippen molar-refractivity contribution in [3.63, 3.8) is 0 Å². The third kappa shape index (κ3) is 11.4. The second-order valence-corrected chi connectivity index (χ2v) is 19.1. The van der Waals surface area contributed by atoms with Gasteiger partial charge in [-0.2, -0.15) is 0 Å². The molecule has 302 valence electrons. The maximum atomic E-state index is 2.67. The molecule has 0 aromatic heterocycles. The Morgan fingerprint density at radius 2 is 0.765 bits per heavy atom. The van der Waals surface area contributed by atoms with E-state index in [4.69, 9.17) is 0 Å². The molecule has 8 saturated heterocycles. The second kappa shape index (κ2) is 20.0. The summed E-state index contributed by atoms with van der Waals surface area (Å²) in [5, 5.41) is 0. The molecule has 8 heteroatoms. The van der Waals surface area contributed by atoms with Crippen molar-refractivity contribution >= 4 is 0 Å². The fourth-order valence-corrected chi connectivity index (χ4v) is 11.0. The molecule has 0 spiro atoms. The fourth-order valence-electron chi connectivity index (χ4n) is 11.0. The van der Waals surface area contributed by atoms with Crippen LogP contribution in [0.25, 0.3) is 0 Å². The van der Waals surface area contributed by atoms with Crippen LogP contribution in [0.15, 0.2) is 0 Å². The highest BCUT2D eigenvalue weighted by Crippen LogP contribution is 2.34. The van der Waals surface area contributed by atoms with Gasteiger partial charge in [0.05, 0.1) is 0 Å². The van der Waals surface area contributed by atoms with Gasteiger partial charge in [0.25, 0.3) is 0 Å². The molecular formula is C43H90N8. The minimum absolute atomic E-state index is 0. The van der Waals surface area contributed by atoms with E-state index in [0.29, 0.717) is 0 Å². The molecule has 0 amide bonds. The highest BCUT2D eigenvalue weighted by atomic mass is 15.3. The lowest BCUT2D eigenvalue weighted by molar-refractivity contribution is 0.155. The molecule has 51 heavy (non-hydrogen) atoms. The summed E-state index contributed by atoms with van der Waals surface area (Å²) in [5.41, 5.74) is 0. The van der Waals surface area contributed by atoms with Gasteiger partial charge in [-0.05, 0) is 158 Å². The smallest absolute Gasteiger partial charge is 0.0266 e. The molecule has 0 aromatic carbocycles. The zero-order valence-corrected chi connectivity index (χ0v) is 34.5. The monoisotopic (exact) mass is 719 g/mol. The van der Waals surface area contributed by atoms with Crippen molar-refractivity contribution in [3.8, 4) is 0 Å². The van der Waals surface area contributed by atoms with Crippen LogP contribution in [0.4, 0.5) is 0 Å². The van der Waals surface area contributed by atoms with Crippen molar-refractivity contribution < 1.29 is 0 Å². The first-order valence-electron chi connectivity index (χ1n) is 21.0. The summed E-state index contributed by atoms with van der Waals surface area (Å²) in [7, 11) is 9.06. The zero-order chi connectivity index (χ0) is 35.6. The van der Waals surface area contributed by atoms with Gasteiger partial charge in [0.15, 0.2) is 0 Å². The molecule has 8 aliphatic heterocycles. The van der Waals surface area contributed by atoms with Gasteiger partial charge < -0.3 is 24.5 Å². The van der Waals surface area contributed by atoms with Crippen LogP contribution in [-0.4, -0.2) is 195 Å². The average Bonchev–Trinajstić information content (AvgIpc) is 3.86. The van der Waals surface area contributed by atoms with E-state index in [1.54, 1.807) is 0 Å². The Morgan fingerprint density at radius 3 is 1.25 bits per heavy atom. The summed E-state index contributed by atoms with van der Waals surface area (Å²) in [6, 6.07) is 5.56. The summed E-state index contributed by atoms with van der Waals surface area (Å²) in [6.07, 6.45) is 5.71. The summed E-state index contributed by atoms with van der Waals surface area (Å²) < 4.78 is 0. The summed E-state index contributed by atoms with van der Waals surface area (Å²) in [5.74, 6) is 4.84. The van der Waals surface area contributed by atoms with E-state index in [-0.39, 0.29) is 14.9 Å². The van der Waals surface area contributed by atoms with E-state index < -0.39 is 0 Å². The summed E-state index contributed by atoms with van der Waals surface area (Å²) in [4.78, 5) is 20.6. The van der Waals surface area contributed by atoms with Gasteiger partial charge >= 0.3 is 0 Å². The molecule has 8 unspecified atom stereocenters. The van der Waals surface area contributed by atoms with E-state index in [2.05, 4.69) is 123 Å². The van der Waals surface area contributed by atoms with Crippen LogP contribution in [0.1, 0.15) is 95.9 Å². The standard InChI is InChI=1S/C11H22N2.3C10H20N2.2CH4/c1-9(2)13-7-10-5-4-6-12(3)11(10)8-13;1-8(2)12-6-9-4-11(3)5-10(9)7-12;1-8(2)12-5-4-9-6-11(3)7-10(9)12;1-8(2)12-6-9-4-5-11(3)10(9)7-12;;/h9-11H,4-8H2,1-3H3;3*8-10H,4-7H2,1-3H3;2*1H4. The zero-order valence-electron chi connectivity index (χ0n) is 34.5. The predicted octanol–water partition coefficient (Wildman–Crippen LogP) is 5.64. The quantitative estimate of drug-likeness (QED) is 0.369. The molecular weight excluding hydrogens is 629 g/mol. The molecule has 0 aromatic rings. The maximum Gasteiger partial charge on any atom is 0.0266 e. The molecule has 8 fully saturated rings.